The molecule has 0 saturated heterocycles. The fourth-order valence-corrected chi connectivity index (χ4v) is 4.45. The maximum absolute atomic E-state index is 11.7. The monoisotopic (exact) mass is 373 g/mol. The molecular weight excluding hydrogens is 354 g/mol. The highest BCUT2D eigenvalue weighted by molar-refractivity contribution is 7.98. The zero-order valence-corrected chi connectivity index (χ0v) is 15.6. The quantitative estimate of drug-likeness (QED) is 0.695. The van der Waals surface area contributed by atoms with Crippen molar-refractivity contribution in [2.24, 2.45) is 5.14 Å². The van der Waals surface area contributed by atoms with Crippen molar-refractivity contribution in [2.45, 2.75) is 29.7 Å². The highest BCUT2D eigenvalue weighted by Crippen LogP contribution is 2.28. The van der Waals surface area contributed by atoms with E-state index in [-0.39, 0.29) is 4.90 Å². The molecule has 130 valence electrons. The minimum atomic E-state index is -3.74. The van der Waals surface area contributed by atoms with Crippen LogP contribution < -0.4 is 5.14 Å². The molecule has 3 rings (SSSR count). The second-order valence-electron chi connectivity index (χ2n) is 5.74. The first kappa shape index (κ1) is 17.7. The molecule has 1 heterocycles. The van der Waals surface area contributed by atoms with E-state index >= 15 is 0 Å². The number of hydrogen-bond donors (Lipinski definition) is 1. The van der Waals surface area contributed by atoms with Crippen LogP contribution in [-0.2, 0) is 15.8 Å². The molecule has 0 aliphatic rings. The van der Waals surface area contributed by atoms with Crippen LogP contribution >= 0.6 is 11.8 Å². The van der Waals surface area contributed by atoms with Crippen LogP contribution in [0.1, 0.15) is 16.7 Å². The van der Waals surface area contributed by atoms with Gasteiger partial charge in [-0.15, -0.1) is 0 Å². The van der Waals surface area contributed by atoms with E-state index in [4.69, 9.17) is 5.14 Å². The Morgan fingerprint density at radius 1 is 1.12 bits per heavy atom. The molecule has 3 aromatic rings. The topological polar surface area (TPSA) is 78.0 Å². The molecule has 0 amide bonds. The third kappa shape index (κ3) is 3.78. The summed E-state index contributed by atoms with van der Waals surface area (Å²) in [5, 5.41) is 6.11. The summed E-state index contributed by atoms with van der Waals surface area (Å²) in [7, 11) is -3.74. The van der Waals surface area contributed by atoms with Gasteiger partial charge in [0.15, 0.2) is 5.16 Å². The Labute approximate surface area is 152 Å². The fraction of sp³-hybridized carbons (Fsp3) is 0.167. The first-order chi connectivity index (χ1) is 11.9. The summed E-state index contributed by atoms with van der Waals surface area (Å²) < 4.78 is 25.5. The summed E-state index contributed by atoms with van der Waals surface area (Å²) in [4.78, 5) is 4.58. The maximum atomic E-state index is 11.7. The number of nitrogens with two attached hydrogens (primary N) is 1. The van der Waals surface area contributed by atoms with Gasteiger partial charge < -0.3 is 0 Å². The van der Waals surface area contributed by atoms with Crippen molar-refractivity contribution in [2.75, 3.05) is 0 Å². The standard InChI is InChI=1S/C18H19N3O2S2/c1-13-6-5-8-16(14(13)2)21-11-10-20-18(21)24-12-15-7-3-4-9-17(15)25(19,22)23/h3-11H,12H2,1-2H3,(H2,19,22,23). The molecule has 5 nitrogen and oxygen atoms in total. The van der Waals surface area contributed by atoms with Gasteiger partial charge in [0.25, 0.3) is 0 Å². The van der Waals surface area contributed by atoms with Gasteiger partial charge in [0.05, 0.1) is 10.6 Å². The number of thioether (sulfide) groups is 1. The molecule has 0 aliphatic heterocycles. The van der Waals surface area contributed by atoms with Gasteiger partial charge >= 0.3 is 0 Å². The number of imidazole rings is 1. The van der Waals surface area contributed by atoms with Crippen molar-refractivity contribution in [1.29, 1.82) is 0 Å². The fourth-order valence-electron chi connectivity index (χ4n) is 2.62. The molecule has 0 spiro atoms. The first-order valence-corrected chi connectivity index (χ1v) is 10.2. The van der Waals surface area contributed by atoms with Gasteiger partial charge in [-0.1, -0.05) is 42.1 Å². The summed E-state index contributed by atoms with van der Waals surface area (Å²) in [5.74, 6) is 0.467. The van der Waals surface area contributed by atoms with E-state index in [1.807, 2.05) is 29.0 Å². The molecule has 0 bridgehead atoms. The molecule has 2 N–H and O–H groups in total. The number of sulfonamides is 1. The normalized spacial score (nSPS) is 11.6. The minimum Gasteiger partial charge on any atom is -0.295 e. The Balaban J connectivity index is 1.90. The summed E-state index contributed by atoms with van der Waals surface area (Å²) in [6.45, 7) is 4.15. The van der Waals surface area contributed by atoms with Crippen LogP contribution in [0.3, 0.4) is 0 Å². The van der Waals surface area contributed by atoms with Gasteiger partial charge in [0.2, 0.25) is 10.0 Å². The molecule has 7 heteroatoms. The van der Waals surface area contributed by atoms with Crippen LogP contribution in [0.4, 0.5) is 0 Å². The number of benzene rings is 2. The largest absolute Gasteiger partial charge is 0.295 e. The lowest BCUT2D eigenvalue weighted by molar-refractivity contribution is 0.597. The van der Waals surface area contributed by atoms with E-state index in [1.54, 1.807) is 18.3 Å². The number of rotatable bonds is 5. The van der Waals surface area contributed by atoms with E-state index in [1.165, 1.54) is 29.0 Å². The van der Waals surface area contributed by atoms with Crippen LogP contribution in [0.5, 0.6) is 0 Å². The average Bonchev–Trinajstić information content (AvgIpc) is 3.03. The lowest BCUT2D eigenvalue weighted by atomic mass is 10.1. The highest BCUT2D eigenvalue weighted by Gasteiger charge is 2.15. The van der Waals surface area contributed by atoms with Crippen LogP contribution in [0.25, 0.3) is 5.69 Å². The van der Waals surface area contributed by atoms with Gasteiger partial charge in [-0.3, -0.25) is 4.57 Å². The van der Waals surface area contributed by atoms with Crippen molar-refractivity contribution >= 4 is 21.8 Å². The van der Waals surface area contributed by atoms with Crippen molar-refractivity contribution < 1.29 is 8.42 Å². The molecule has 0 fully saturated rings. The van der Waals surface area contributed by atoms with Crippen molar-refractivity contribution in [1.82, 2.24) is 9.55 Å². The molecule has 0 aliphatic carbocycles. The summed E-state index contributed by atoms with van der Waals surface area (Å²) >= 11 is 1.48. The number of hydrogen-bond acceptors (Lipinski definition) is 4. The lowest BCUT2D eigenvalue weighted by Gasteiger charge is -2.13. The molecule has 0 radical (unpaired) electrons. The Morgan fingerprint density at radius 2 is 1.88 bits per heavy atom. The number of aryl methyl sites for hydroxylation is 1. The van der Waals surface area contributed by atoms with Gasteiger partial charge in [-0.2, -0.15) is 0 Å². The Bertz CT molecular complexity index is 1010. The van der Waals surface area contributed by atoms with Crippen molar-refractivity contribution in [3.8, 4) is 5.69 Å². The second kappa shape index (κ2) is 7.03. The van der Waals surface area contributed by atoms with Gasteiger partial charge in [-0.05, 0) is 42.7 Å². The Hall–Kier alpha value is -2.09. The SMILES string of the molecule is Cc1cccc(-n2ccnc2SCc2ccccc2S(N)(=O)=O)c1C. The molecule has 25 heavy (non-hydrogen) atoms. The van der Waals surface area contributed by atoms with Gasteiger partial charge in [0.1, 0.15) is 0 Å². The van der Waals surface area contributed by atoms with E-state index in [2.05, 4.69) is 24.9 Å². The van der Waals surface area contributed by atoms with E-state index in [9.17, 15) is 8.42 Å². The maximum Gasteiger partial charge on any atom is 0.238 e. The highest BCUT2D eigenvalue weighted by atomic mass is 32.2. The zero-order valence-electron chi connectivity index (χ0n) is 14.0. The molecule has 1 aromatic heterocycles. The van der Waals surface area contributed by atoms with Gasteiger partial charge in [-0.25, -0.2) is 18.5 Å². The minimum absolute atomic E-state index is 0.160. The second-order valence-corrected chi connectivity index (χ2v) is 8.21. The Morgan fingerprint density at radius 3 is 2.64 bits per heavy atom. The molecule has 2 aromatic carbocycles. The van der Waals surface area contributed by atoms with Crippen LogP contribution in [0.15, 0.2) is 64.9 Å². The number of primary sulfonamides is 1. The van der Waals surface area contributed by atoms with E-state index in [0.717, 1.165) is 10.8 Å². The predicted octanol–water partition coefficient (Wildman–Crippen LogP) is 3.43. The number of aromatic nitrogens is 2. The van der Waals surface area contributed by atoms with Crippen LogP contribution in [0.2, 0.25) is 0 Å². The van der Waals surface area contributed by atoms with Crippen LogP contribution in [0, 0.1) is 13.8 Å². The van der Waals surface area contributed by atoms with Gasteiger partial charge in [0, 0.05) is 18.1 Å². The Kier molecular flexibility index (Phi) is 4.99. The zero-order chi connectivity index (χ0) is 18.0. The van der Waals surface area contributed by atoms with Crippen molar-refractivity contribution in [3.05, 3.63) is 71.5 Å². The van der Waals surface area contributed by atoms with Crippen molar-refractivity contribution in [3.63, 3.8) is 0 Å². The van der Waals surface area contributed by atoms with E-state index in [0.29, 0.717) is 11.3 Å². The van der Waals surface area contributed by atoms with Crippen LogP contribution in [-0.4, -0.2) is 18.0 Å². The molecule has 0 saturated carbocycles. The smallest absolute Gasteiger partial charge is 0.238 e. The first-order valence-electron chi connectivity index (χ1n) is 7.71. The lowest BCUT2D eigenvalue weighted by Crippen LogP contribution is -2.14. The third-order valence-corrected chi connectivity index (χ3v) is 6.11. The molecule has 0 atom stereocenters. The predicted molar refractivity (Wildman–Crippen MR) is 100 cm³/mol. The summed E-state index contributed by atoms with van der Waals surface area (Å²) in [5.41, 5.74) is 4.14. The third-order valence-electron chi connectivity index (χ3n) is 4.08. The van der Waals surface area contributed by atoms with E-state index < -0.39 is 10.0 Å². The molecular formula is C18H19N3O2S2. The summed E-state index contributed by atoms with van der Waals surface area (Å²) in [6.07, 6.45) is 3.66. The number of nitrogens with zero attached hydrogens (tertiary/aromatic N) is 2. The summed E-state index contributed by atoms with van der Waals surface area (Å²) in [6, 6.07) is 12.9. The average molecular weight is 374 g/mol. The molecule has 0 unspecified atom stereocenters.